The minimum atomic E-state index is -0.0523. The zero-order valence-electron chi connectivity index (χ0n) is 13.4. The number of rotatable bonds is 7. The summed E-state index contributed by atoms with van der Waals surface area (Å²) in [6.45, 7) is 4.54. The molecule has 0 aliphatic carbocycles. The van der Waals surface area contributed by atoms with Crippen molar-refractivity contribution >= 4 is 5.95 Å². The fourth-order valence-corrected chi connectivity index (χ4v) is 2.37. The fourth-order valence-electron chi connectivity index (χ4n) is 2.37. The van der Waals surface area contributed by atoms with Crippen molar-refractivity contribution < 1.29 is 4.74 Å². The van der Waals surface area contributed by atoms with E-state index in [0.717, 1.165) is 41.8 Å². The molecule has 0 bridgehead atoms. The minimum absolute atomic E-state index is 0.0523. The van der Waals surface area contributed by atoms with E-state index < -0.39 is 0 Å². The van der Waals surface area contributed by atoms with Gasteiger partial charge >= 0.3 is 0 Å². The number of hydrogen-bond donors (Lipinski definition) is 2. The molecule has 0 radical (unpaired) electrons. The lowest BCUT2D eigenvalue weighted by molar-refractivity contribution is 0.410. The van der Waals surface area contributed by atoms with Crippen LogP contribution in [0.1, 0.15) is 36.6 Å². The molecule has 2 aromatic rings. The molecule has 1 heterocycles. The number of methoxy groups -OCH3 is 1. The van der Waals surface area contributed by atoms with Crippen molar-refractivity contribution in [3.8, 4) is 5.75 Å². The predicted octanol–water partition coefficient (Wildman–Crippen LogP) is 3.04. The van der Waals surface area contributed by atoms with Gasteiger partial charge < -0.3 is 10.1 Å². The summed E-state index contributed by atoms with van der Waals surface area (Å²) >= 11 is 0. The summed E-state index contributed by atoms with van der Waals surface area (Å²) in [5.41, 5.74) is 2.54. The van der Waals surface area contributed by atoms with E-state index in [1.165, 1.54) is 0 Å². The monoisotopic (exact) mass is 301 g/mol. The first-order valence-electron chi connectivity index (χ1n) is 7.61. The maximum atomic E-state index is 12.1. The number of ether oxygens (including phenoxy) is 1. The van der Waals surface area contributed by atoms with Gasteiger partial charge in [-0.1, -0.05) is 31.5 Å². The van der Waals surface area contributed by atoms with Gasteiger partial charge in [0.25, 0.3) is 5.56 Å². The summed E-state index contributed by atoms with van der Waals surface area (Å²) < 4.78 is 5.31. The van der Waals surface area contributed by atoms with Crippen LogP contribution in [0, 0.1) is 6.92 Å². The highest BCUT2D eigenvalue weighted by Crippen LogP contribution is 2.18. The molecule has 0 atom stereocenters. The molecule has 22 heavy (non-hydrogen) atoms. The molecular formula is C17H23N3O2. The topological polar surface area (TPSA) is 67.0 Å². The molecule has 118 valence electrons. The van der Waals surface area contributed by atoms with E-state index in [2.05, 4.69) is 22.2 Å². The average Bonchev–Trinajstić information content (AvgIpc) is 2.52. The Labute approximate surface area is 130 Å². The summed E-state index contributed by atoms with van der Waals surface area (Å²) in [5.74, 6) is 1.31. The second-order valence-corrected chi connectivity index (χ2v) is 5.25. The quantitative estimate of drug-likeness (QED) is 0.825. The second kappa shape index (κ2) is 7.64. The second-order valence-electron chi connectivity index (χ2n) is 5.25. The molecule has 0 aliphatic rings. The van der Waals surface area contributed by atoms with Gasteiger partial charge in [0.1, 0.15) is 5.75 Å². The number of benzene rings is 1. The van der Waals surface area contributed by atoms with Crippen molar-refractivity contribution in [2.45, 2.75) is 39.7 Å². The summed E-state index contributed by atoms with van der Waals surface area (Å²) in [4.78, 5) is 19.4. The van der Waals surface area contributed by atoms with Gasteiger partial charge in [0, 0.05) is 23.4 Å². The highest BCUT2D eigenvalue weighted by molar-refractivity contribution is 5.37. The Kier molecular flexibility index (Phi) is 5.58. The molecule has 2 rings (SSSR count). The molecule has 0 saturated carbocycles. The maximum Gasteiger partial charge on any atom is 0.255 e. The van der Waals surface area contributed by atoms with Crippen LogP contribution >= 0.6 is 0 Å². The molecule has 0 fully saturated rings. The first-order chi connectivity index (χ1) is 10.7. The Bertz CT molecular complexity index is 680. The van der Waals surface area contributed by atoms with Crippen molar-refractivity contribution in [3.05, 3.63) is 51.4 Å². The maximum absolute atomic E-state index is 12.1. The number of para-hydroxylation sites is 1. The Morgan fingerprint density at radius 2 is 2.09 bits per heavy atom. The van der Waals surface area contributed by atoms with Gasteiger partial charge in [-0.15, -0.1) is 0 Å². The van der Waals surface area contributed by atoms with E-state index in [1.54, 1.807) is 7.11 Å². The van der Waals surface area contributed by atoms with Gasteiger partial charge in [0.15, 0.2) is 0 Å². The van der Waals surface area contributed by atoms with E-state index in [-0.39, 0.29) is 5.56 Å². The molecule has 5 heteroatoms. The molecule has 1 aromatic heterocycles. The van der Waals surface area contributed by atoms with E-state index in [0.29, 0.717) is 12.5 Å². The molecule has 0 aliphatic heterocycles. The Balaban J connectivity index is 2.12. The Morgan fingerprint density at radius 3 is 2.77 bits per heavy atom. The van der Waals surface area contributed by atoms with E-state index in [4.69, 9.17) is 4.74 Å². The summed E-state index contributed by atoms with van der Waals surface area (Å²) in [5, 5.41) is 3.15. The molecule has 5 nitrogen and oxygen atoms in total. The highest BCUT2D eigenvalue weighted by Gasteiger charge is 2.08. The number of nitrogens with zero attached hydrogens (tertiary/aromatic N) is 1. The van der Waals surface area contributed by atoms with Crippen LogP contribution in [0.25, 0.3) is 0 Å². The third-order valence-corrected chi connectivity index (χ3v) is 3.64. The van der Waals surface area contributed by atoms with Crippen LogP contribution in [0.15, 0.2) is 29.1 Å². The summed E-state index contributed by atoms with van der Waals surface area (Å²) in [7, 11) is 1.64. The molecule has 0 amide bonds. The van der Waals surface area contributed by atoms with Gasteiger partial charge in [0.05, 0.1) is 7.11 Å². The van der Waals surface area contributed by atoms with Gasteiger partial charge in [-0.05, 0) is 25.8 Å². The average molecular weight is 301 g/mol. The zero-order chi connectivity index (χ0) is 15.9. The van der Waals surface area contributed by atoms with Gasteiger partial charge in [0.2, 0.25) is 5.95 Å². The normalized spacial score (nSPS) is 10.5. The van der Waals surface area contributed by atoms with Gasteiger partial charge in [-0.2, -0.15) is 0 Å². The Hall–Kier alpha value is -2.30. The van der Waals surface area contributed by atoms with Gasteiger partial charge in [-0.3, -0.25) is 9.78 Å². The number of anilines is 1. The molecule has 0 saturated heterocycles. The lowest BCUT2D eigenvalue weighted by atomic mass is 10.1. The van der Waals surface area contributed by atoms with E-state index in [1.807, 2.05) is 31.2 Å². The van der Waals surface area contributed by atoms with Crippen LogP contribution in [0.4, 0.5) is 5.95 Å². The Morgan fingerprint density at radius 1 is 1.32 bits per heavy atom. The molecule has 1 aromatic carbocycles. The number of aromatic nitrogens is 2. The van der Waals surface area contributed by atoms with Crippen LogP contribution in [0.5, 0.6) is 5.75 Å². The first-order valence-corrected chi connectivity index (χ1v) is 7.61. The molecular weight excluding hydrogens is 278 g/mol. The highest BCUT2D eigenvalue weighted by atomic mass is 16.5. The zero-order valence-corrected chi connectivity index (χ0v) is 13.4. The first kappa shape index (κ1) is 16.1. The predicted molar refractivity (Wildman–Crippen MR) is 88.5 cm³/mol. The fraction of sp³-hybridized carbons (Fsp3) is 0.412. The summed E-state index contributed by atoms with van der Waals surface area (Å²) in [6.07, 6.45) is 2.84. The van der Waals surface area contributed by atoms with Crippen molar-refractivity contribution in [2.75, 3.05) is 12.4 Å². The molecule has 0 spiro atoms. The number of aromatic amines is 1. The molecule has 0 unspecified atom stereocenters. The lowest BCUT2D eigenvalue weighted by Gasteiger charge is -2.11. The minimum Gasteiger partial charge on any atom is -0.496 e. The lowest BCUT2D eigenvalue weighted by Crippen LogP contribution is -2.19. The number of hydrogen-bond acceptors (Lipinski definition) is 4. The third kappa shape index (κ3) is 3.87. The SMILES string of the molecule is CCCCc1c(C)nc(NCc2ccccc2OC)[nH]c1=O. The van der Waals surface area contributed by atoms with Crippen LogP contribution in [-0.2, 0) is 13.0 Å². The van der Waals surface area contributed by atoms with Crippen molar-refractivity contribution in [1.82, 2.24) is 9.97 Å². The van der Waals surface area contributed by atoms with E-state index in [9.17, 15) is 4.79 Å². The standard InChI is InChI=1S/C17H23N3O2/c1-4-5-9-14-12(2)19-17(20-16(14)21)18-11-13-8-6-7-10-15(13)22-3/h6-8,10H,4-5,9,11H2,1-3H3,(H2,18,19,20,21). The number of aryl methyl sites for hydroxylation is 1. The van der Waals surface area contributed by atoms with Crippen molar-refractivity contribution in [2.24, 2.45) is 0 Å². The van der Waals surface area contributed by atoms with Crippen LogP contribution in [-0.4, -0.2) is 17.1 Å². The molecule has 2 N–H and O–H groups in total. The van der Waals surface area contributed by atoms with Crippen LogP contribution < -0.4 is 15.6 Å². The summed E-state index contributed by atoms with van der Waals surface area (Å²) in [6, 6.07) is 7.77. The van der Waals surface area contributed by atoms with E-state index >= 15 is 0 Å². The number of unbranched alkanes of at least 4 members (excludes halogenated alkanes) is 1. The largest absolute Gasteiger partial charge is 0.496 e. The van der Waals surface area contributed by atoms with Crippen molar-refractivity contribution in [1.29, 1.82) is 0 Å². The van der Waals surface area contributed by atoms with Gasteiger partial charge in [-0.25, -0.2) is 4.98 Å². The van der Waals surface area contributed by atoms with Crippen molar-refractivity contribution in [3.63, 3.8) is 0 Å². The third-order valence-electron chi connectivity index (χ3n) is 3.64. The number of nitrogens with one attached hydrogen (secondary N) is 2. The van der Waals surface area contributed by atoms with Crippen LogP contribution in [0.2, 0.25) is 0 Å². The number of H-pyrrole nitrogens is 1. The van der Waals surface area contributed by atoms with Crippen LogP contribution in [0.3, 0.4) is 0 Å². The smallest absolute Gasteiger partial charge is 0.255 e.